The Balaban J connectivity index is 2.21. The highest BCUT2D eigenvalue weighted by Gasteiger charge is 2.20. The van der Waals surface area contributed by atoms with Crippen LogP contribution in [0.15, 0.2) is 40.6 Å². The van der Waals surface area contributed by atoms with Gasteiger partial charge in [0.25, 0.3) is 0 Å². The molecule has 0 aromatic heterocycles. The van der Waals surface area contributed by atoms with Gasteiger partial charge in [-0.2, -0.15) is 0 Å². The minimum absolute atomic E-state index is 0.320. The first-order chi connectivity index (χ1) is 9.22. The second-order valence-electron chi connectivity index (χ2n) is 4.00. The van der Waals surface area contributed by atoms with E-state index >= 15 is 0 Å². The van der Waals surface area contributed by atoms with Gasteiger partial charge in [0.05, 0.1) is 11.2 Å². The monoisotopic (exact) mass is 280 g/mol. The predicted molar refractivity (Wildman–Crippen MR) is 71.9 cm³/mol. The fourth-order valence-corrected chi connectivity index (χ4v) is 1.99. The summed E-state index contributed by atoms with van der Waals surface area (Å²) in [5.74, 6) is -0.148. The van der Waals surface area contributed by atoms with Crippen LogP contribution in [0.3, 0.4) is 0 Å². The van der Waals surface area contributed by atoms with Crippen molar-refractivity contribution in [1.29, 1.82) is 0 Å². The van der Waals surface area contributed by atoms with Crippen molar-refractivity contribution in [1.82, 2.24) is 5.32 Å². The molecule has 0 saturated heterocycles. The van der Waals surface area contributed by atoms with E-state index in [0.29, 0.717) is 41.4 Å². The van der Waals surface area contributed by atoms with Crippen molar-refractivity contribution in [2.45, 2.75) is 6.42 Å². The maximum atomic E-state index is 12.1. The van der Waals surface area contributed by atoms with E-state index in [-0.39, 0.29) is 0 Å². The smallest absolute Gasteiger partial charge is 0.339 e. The lowest BCUT2D eigenvalue weighted by Gasteiger charge is -2.17. The lowest BCUT2D eigenvalue weighted by Crippen LogP contribution is -2.30. The molecule has 1 aromatic rings. The molecule has 19 heavy (non-hydrogen) atoms. The number of oxime groups is 1. The van der Waals surface area contributed by atoms with E-state index in [2.05, 4.69) is 10.5 Å². The number of carbonyl (C=O) groups excluding carboxylic acids is 1. The number of carbonyl (C=O) groups is 1. The molecule has 1 aliphatic rings. The van der Waals surface area contributed by atoms with Crippen molar-refractivity contribution in [3.05, 3.63) is 40.4 Å². The molecule has 6 heteroatoms. The van der Waals surface area contributed by atoms with Gasteiger partial charge in [0.1, 0.15) is 5.75 Å². The van der Waals surface area contributed by atoms with Crippen LogP contribution in [0.4, 0.5) is 0 Å². The molecule has 0 fully saturated rings. The summed E-state index contributed by atoms with van der Waals surface area (Å²) < 4.78 is 5.26. The van der Waals surface area contributed by atoms with Gasteiger partial charge in [-0.05, 0) is 30.7 Å². The SMILES string of the molecule is O=C(Oc1ccccc1Cl)C1=C(/C=N/O)CNCC1. The first-order valence-corrected chi connectivity index (χ1v) is 6.17. The van der Waals surface area contributed by atoms with Crippen LogP contribution < -0.4 is 10.1 Å². The number of nitrogens with zero attached hydrogens (tertiary/aromatic N) is 1. The largest absolute Gasteiger partial charge is 0.422 e. The Morgan fingerprint density at radius 3 is 3.00 bits per heavy atom. The van der Waals surface area contributed by atoms with Gasteiger partial charge >= 0.3 is 5.97 Å². The number of hydrogen-bond acceptors (Lipinski definition) is 5. The lowest BCUT2D eigenvalue weighted by molar-refractivity contribution is -0.130. The Morgan fingerprint density at radius 1 is 1.47 bits per heavy atom. The summed E-state index contributed by atoms with van der Waals surface area (Å²) in [5, 5.41) is 15.0. The highest BCUT2D eigenvalue weighted by molar-refractivity contribution is 6.32. The van der Waals surface area contributed by atoms with Crippen LogP contribution in [-0.2, 0) is 4.79 Å². The molecule has 0 aliphatic carbocycles. The fraction of sp³-hybridized carbons (Fsp3) is 0.231. The fourth-order valence-electron chi connectivity index (χ4n) is 1.82. The minimum Gasteiger partial charge on any atom is -0.422 e. The average molecular weight is 281 g/mol. The van der Waals surface area contributed by atoms with Gasteiger partial charge in [-0.1, -0.05) is 28.9 Å². The molecule has 0 radical (unpaired) electrons. The molecule has 5 nitrogen and oxygen atoms in total. The zero-order valence-corrected chi connectivity index (χ0v) is 10.9. The van der Waals surface area contributed by atoms with Gasteiger partial charge < -0.3 is 15.3 Å². The third-order valence-corrected chi connectivity index (χ3v) is 3.07. The van der Waals surface area contributed by atoms with Crippen LogP contribution >= 0.6 is 11.6 Å². The average Bonchev–Trinajstić information content (AvgIpc) is 2.42. The zero-order chi connectivity index (χ0) is 13.7. The molecule has 0 atom stereocenters. The van der Waals surface area contributed by atoms with Gasteiger partial charge in [-0.3, -0.25) is 0 Å². The van der Waals surface area contributed by atoms with Crippen molar-refractivity contribution in [2.75, 3.05) is 13.1 Å². The topological polar surface area (TPSA) is 70.9 Å². The number of ether oxygens (including phenoxy) is 1. The molecule has 0 spiro atoms. The quantitative estimate of drug-likeness (QED) is 0.292. The van der Waals surface area contributed by atoms with E-state index in [4.69, 9.17) is 21.5 Å². The van der Waals surface area contributed by atoms with Gasteiger partial charge in [0.15, 0.2) is 0 Å². The number of rotatable bonds is 3. The minimum atomic E-state index is -0.468. The van der Waals surface area contributed by atoms with Crippen LogP contribution in [0.25, 0.3) is 0 Å². The summed E-state index contributed by atoms with van der Waals surface area (Å²) in [6.45, 7) is 1.15. The molecule has 100 valence electrons. The Bertz CT molecular complexity index is 540. The van der Waals surface area contributed by atoms with Gasteiger partial charge in [0, 0.05) is 12.1 Å². The first kappa shape index (κ1) is 13.6. The molecule has 2 N–H and O–H groups in total. The van der Waals surface area contributed by atoms with Crippen molar-refractivity contribution < 1.29 is 14.7 Å². The molecule has 0 amide bonds. The predicted octanol–water partition coefficient (Wildman–Crippen LogP) is 2.00. The van der Waals surface area contributed by atoms with Crippen LogP contribution in [0.2, 0.25) is 5.02 Å². The normalized spacial score (nSPS) is 15.8. The van der Waals surface area contributed by atoms with Gasteiger partial charge in [0.2, 0.25) is 0 Å². The molecule has 0 saturated carbocycles. The third-order valence-electron chi connectivity index (χ3n) is 2.75. The van der Waals surface area contributed by atoms with Crippen molar-refractivity contribution in [2.24, 2.45) is 5.16 Å². The Hall–Kier alpha value is -1.85. The van der Waals surface area contributed by atoms with Crippen LogP contribution in [0, 0.1) is 0 Å². The Morgan fingerprint density at radius 2 is 2.26 bits per heavy atom. The molecule has 1 heterocycles. The van der Waals surface area contributed by atoms with Crippen LogP contribution in [0.5, 0.6) is 5.75 Å². The van der Waals surface area contributed by atoms with Crippen molar-refractivity contribution in [3.8, 4) is 5.75 Å². The van der Waals surface area contributed by atoms with E-state index in [1.165, 1.54) is 6.21 Å². The number of halogens is 1. The number of benzene rings is 1. The third kappa shape index (κ3) is 3.33. The van der Waals surface area contributed by atoms with E-state index in [0.717, 1.165) is 0 Å². The Labute approximate surface area is 115 Å². The molecular weight excluding hydrogens is 268 g/mol. The second-order valence-corrected chi connectivity index (χ2v) is 4.40. The van der Waals surface area contributed by atoms with Crippen LogP contribution in [0.1, 0.15) is 6.42 Å². The Kier molecular flexibility index (Phi) is 4.54. The summed E-state index contributed by atoms with van der Waals surface area (Å²) in [6, 6.07) is 6.77. The lowest BCUT2D eigenvalue weighted by atomic mass is 10.0. The standard InChI is InChI=1S/C13H13ClN2O3/c14-11-3-1-2-4-12(11)19-13(17)10-5-6-15-7-9(10)8-16-18/h1-4,8,15,18H,5-7H2/b16-8+. The van der Waals surface area contributed by atoms with Crippen molar-refractivity contribution >= 4 is 23.8 Å². The zero-order valence-electron chi connectivity index (χ0n) is 10.1. The highest BCUT2D eigenvalue weighted by Crippen LogP contribution is 2.25. The van der Waals surface area contributed by atoms with E-state index < -0.39 is 5.97 Å². The molecule has 1 aromatic carbocycles. The van der Waals surface area contributed by atoms with E-state index in [1.54, 1.807) is 24.3 Å². The highest BCUT2D eigenvalue weighted by atomic mass is 35.5. The molecule has 0 bridgehead atoms. The molecular formula is C13H13ClN2O3. The molecule has 2 rings (SSSR count). The summed E-state index contributed by atoms with van der Waals surface area (Å²) in [5.41, 5.74) is 1.11. The number of para-hydroxylation sites is 1. The molecule has 1 aliphatic heterocycles. The molecule has 0 unspecified atom stereocenters. The summed E-state index contributed by atoms with van der Waals surface area (Å²) in [4.78, 5) is 12.1. The van der Waals surface area contributed by atoms with E-state index in [9.17, 15) is 4.79 Å². The maximum Gasteiger partial charge on any atom is 0.339 e. The van der Waals surface area contributed by atoms with Crippen molar-refractivity contribution in [3.63, 3.8) is 0 Å². The number of esters is 1. The second kappa shape index (κ2) is 6.36. The van der Waals surface area contributed by atoms with Crippen LogP contribution in [-0.4, -0.2) is 30.5 Å². The van der Waals surface area contributed by atoms with E-state index in [1.807, 2.05) is 0 Å². The maximum absolute atomic E-state index is 12.1. The first-order valence-electron chi connectivity index (χ1n) is 5.79. The summed E-state index contributed by atoms with van der Waals surface area (Å²) in [6.07, 6.45) is 1.76. The number of hydrogen-bond donors (Lipinski definition) is 2. The summed E-state index contributed by atoms with van der Waals surface area (Å²) in [7, 11) is 0. The number of nitrogens with one attached hydrogen (secondary N) is 1. The summed E-state index contributed by atoms with van der Waals surface area (Å²) >= 11 is 5.93. The van der Waals surface area contributed by atoms with Gasteiger partial charge in [-0.15, -0.1) is 0 Å². The van der Waals surface area contributed by atoms with Gasteiger partial charge in [-0.25, -0.2) is 4.79 Å².